The molecule has 0 atom stereocenters. The number of aromatic nitrogens is 1. The summed E-state index contributed by atoms with van der Waals surface area (Å²) in [5.41, 5.74) is 0.655. The number of carboxylic acids is 1. The first kappa shape index (κ1) is 13.5. The maximum absolute atomic E-state index is 13.1. The quantitative estimate of drug-likeness (QED) is 0.935. The highest BCUT2D eigenvalue weighted by atomic mass is 32.2. The van der Waals surface area contributed by atoms with Crippen molar-refractivity contribution in [3.63, 3.8) is 0 Å². The molecule has 1 heterocycles. The minimum Gasteiger partial charge on any atom is -0.478 e. The Hall–Kier alpha value is -1.95. The molecule has 2 aromatic rings. The van der Waals surface area contributed by atoms with Gasteiger partial charge in [0.15, 0.2) is 11.6 Å². The monoisotopic (exact) mass is 281 g/mol. The van der Waals surface area contributed by atoms with Gasteiger partial charge in [0.05, 0.1) is 5.56 Å². The topological polar surface area (TPSA) is 50.2 Å². The molecule has 0 saturated heterocycles. The molecule has 0 saturated carbocycles. The second-order valence-corrected chi connectivity index (χ2v) is 4.91. The third-order valence-corrected chi connectivity index (χ3v) is 3.20. The van der Waals surface area contributed by atoms with Crippen LogP contribution < -0.4 is 0 Å². The SMILES string of the molecule is Cc1cc(C(=O)O)cc(Sc2ccc(F)c(F)c2)n1. The van der Waals surface area contributed by atoms with Crippen molar-refractivity contribution in [1.82, 2.24) is 4.98 Å². The van der Waals surface area contributed by atoms with E-state index in [4.69, 9.17) is 5.11 Å². The molecule has 0 fully saturated rings. The molecule has 1 aromatic carbocycles. The molecule has 19 heavy (non-hydrogen) atoms. The molecule has 6 heteroatoms. The molecule has 0 spiro atoms. The second kappa shape index (κ2) is 5.36. The first-order valence-electron chi connectivity index (χ1n) is 5.30. The van der Waals surface area contributed by atoms with Crippen LogP contribution in [0.4, 0.5) is 8.78 Å². The average molecular weight is 281 g/mol. The lowest BCUT2D eigenvalue weighted by Crippen LogP contribution is -1.99. The van der Waals surface area contributed by atoms with Gasteiger partial charge in [-0.15, -0.1) is 0 Å². The highest BCUT2D eigenvalue weighted by Crippen LogP contribution is 2.28. The predicted molar refractivity (Wildman–Crippen MR) is 66.4 cm³/mol. The number of hydrogen-bond acceptors (Lipinski definition) is 3. The number of carboxylic acid groups (broad SMARTS) is 1. The molecule has 0 aliphatic carbocycles. The molecule has 0 amide bonds. The maximum Gasteiger partial charge on any atom is 0.335 e. The average Bonchev–Trinajstić information content (AvgIpc) is 2.33. The Morgan fingerprint density at radius 3 is 2.58 bits per heavy atom. The number of benzene rings is 1. The summed E-state index contributed by atoms with van der Waals surface area (Å²) in [6, 6.07) is 6.31. The van der Waals surface area contributed by atoms with Crippen LogP contribution in [0, 0.1) is 18.6 Å². The second-order valence-electron chi connectivity index (χ2n) is 3.82. The maximum atomic E-state index is 13.1. The van der Waals surface area contributed by atoms with Crippen molar-refractivity contribution in [2.75, 3.05) is 0 Å². The Morgan fingerprint density at radius 2 is 1.95 bits per heavy atom. The summed E-state index contributed by atoms with van der Waals surface area (Å²) in [7, 11) is 0. The molecular formula is C13H9F2NO2S. The van der Waals surface area contributed by atoms with Crippen LogP contribution >= 0.6 is 11.8 Å². The third-order valence-electron chi connectivity index (χ3n) is 2.29. The van der Waals surface area contributed by atoms with Crippen LogP contribution in [0.5, 0.6) is 0 Å². The standard InChI is InChI=1S/C13H9F2NO2S/c1-7-4-8(13(17)18)5-12(16-7)19-9-2-3-10(14)11(15)6-9/h2-6H,1H3,(H,17,18). The third kappa shape index (κ3) is 3.29. The number of carbonyl (C=O) groups is 1. The van der Waals surface area contributed by atoms with Crippen LogP contribution in [0.25, 0.3) is 0 Å². The van der Waals surface area contributed by atoms with E-state index in [1.54, 1.807) is 6.92 Å². The predicted octanol–water partition coefficient (Wildman–Crippen LogP) is 3.52. The van der Waals surface area contributed by atoms with Gasteiger partial charge in [0.2, 0.25) is 0 Å². The fraction of sp³-hybridized carbons (Fsp3) is 0.0769. The zero-order valence-electron chi connectivity index (χ0n) is 9.85. The van der Waals surface area contributed by atoms with Gasteiger partial charge in [0.25, 0.3) is 0 Å². The van der Waals surface area contributed by atoms with E-state index in [1.165, 1.54) is 18.2 Å². The minimum absolute atomic E-state index is 0.109. The number of pyridine rings is 1. The minimum atomic E-state index is -1.06. The number of aryl methyl sites for hydroxylation is 1. The highest BCUT2D eigenvalue weighted by Gasteiger charge is 2.09. The van der Waals surface area contributed by atoms with Gasteiger partial charge >= 0.3 is 5.97 Å². The Balaban J connectivity index is 2.32. The van der Waals surface area contributed by atoms with Crippen LogP contribution in [0.3, 0.4) is 0 Å². The largest absolute Gasteiger partial charge is 0.478 e. The Kier molecular flexibility index (Phi) is 3.80. The first-order chi connectivity index (χ1) is 8.95. The summed E-state index contributed by atoms with van der Waals surface area (Å²) in [6.07, 6.45) is 0. The molecule has 1 N–H and O–H groups in total. The lowest BCUT2D eigenvalue weighted by atomic mass is 10.2. The molecule has 2 rings (SSSR count). The van der Waals surface area contributed by atoms with Crippen molar-refractivity contribution in [3.8, 4) is 0 Å². The van der Waals surface area contributed by atoms with Crippen molar-refractivity contribution >= 4 is 17.7 Å². The van der Waals surface area contributed by atoms with E-state index in [2.05, 4.69) is 4.98 Å². The van der Waals surface area contributed by atoms with Crippen LogP contribution in [0.1, 0.15) is 16.1 Å². The number of rotatable bonds is 3. The Morgan fingerprint density at radius 1 is 1.21 bits per heavy atom. The molecule has 0 radical (unpaired) electrons. The summed E-state index contributed by atoms with van der Waals surface area (Å²) >= 11 is 1.08. The Labute approximate surface area is 112 Å². The Bertz CT molecular complexity index is 647. The summed E-state index contributed by atoms with van der Waals surface area (Å²) in [5.74, 6) is -2.93. The van der Waals surface area contributed by atoms with Gasteiger partial charge < -0.3 is 5.11 Å². The molecule has 3 nitrogen and oxygen atoms in total. The van der Waals surface area contributed by atoms with Crippen LogP contribution in [-0.2, 0) is 0 Å². The van der Waals surface area contributed by atoms with Gasteiger partial charge in [-0.05, 0) is 37.3 Å². The number of halogens is 2. The normalized spacial score (nSPS) is 10.5. The first-order valence-corrected chi connectivity index (χ1v) is 6.12. The highest BCUT2D eigenvalue weighted by molar-refractivity contribution is 7.99. The van der Waals surface area contributed by atoms with Crippen LogP contribution in [0.15, 0.2) is 40.3 Å². The van der Waals surface area contributed by atoms with E-state index in [0.717, 1.165) is 23.9 Å². The van der Waals surface area contributed by atoms with Gasteiger partial charge in [-0.2, -0.15) is 0 Å². The molecule has 0 unspecified atom stereocenters. The number of aromatic carboxylic acids is 1. The molecule has 0 aliphatic rings. The van der Waals surface area contributed by atoms with E-state index < -0.39 is 17.6 Å². The van der Waals surface area contributed by atoms with Gasteiger partial charge in [-0.3, -0.25) is 0 Å². The zero-order valence-corrected chi connectivity index (χ0v) is 10.7. The summed E-state index contributed by atoms with van der Waals surface area (Å²) in [4.78, 5) is 15.5. The van der Waals surface area contributed by atoms with Gasteiger partial charge in [0.1, 0.15) is 5.03 Å². The number of nitrogens with zero attached hydrogens (tertiary/aromatic N) is 1. The van der Waals surface area contributed by atoms with Crippen LogP contribution in [0.2, 0.25) is 0 Å². The van der Waals surface area contributed by atoms with Crippen molar-refractivity contribution < 1.29 is 18.7 Å². The van der Waals surface area contributed by atoms with E-state index in [-0.39, 0.29) is 5.56 Å². The summed E-state index contributed by atoms with van der Waals surface area (Å²) in [5, 5.41) is 9.35. The lowest BCUT2D eigenvalue weighted by Gasteiger charge is -2.04. The smallest absolute Gasteiger partial charge is 0.335 e. The van der Waals surface area contributed by atoms with Crippen molar-refractivity contribution in [2.45, 2.75) is 16.8 Å². The van der Waals surface area contributed by atoms with E-state index in [1.807, 2.05) is 0 Å². The van der Waals surface area contributed by atoms with Crippen molar-refractivity contribution in [1.29, 1.82) is 0 Å². The summed E-state index contributed by atoms with van der Waals surface area (Å²) in [6.45, 7) is 1.67. The molecular weight excluding hydrogens is 272 g/mol. The van der Waals surface area contributed by atoms with Crippen LogP contribution in [-0.4, -0.2) is 16.1 Å². The zero-order chi connectivity index (χ0) is 14.0. The lowest BCUT2D eigenvalue weighted by molar-refractivity contribution is 0.0696. The fourth-order valence-corrected chi connectivity index (χ4v) is 2.39. The van der Waals surface area contributed by atoms with E-state index in [9.17, 15) is 13.6 Å². The fourth-order valence-electron chi connectivity index (χ4n) is 1.47. The van der Waals surface area contributed by atoms with Crippen molar-refractivity contribution in [2.24, 2.45) is 0 Å². The molecule has 98 valence electrons. The van der Waals surface area contributed by atoms with Crippen molar-refractivity contribution in [3.05, 3.63) is 53.2 Å². The van der Waals surface area contributed by atoms with Gasteiger partial charge in [-0.25, -0.2) is 18.6 Å². The van der Waals surface area contributed by atoms with Gasteiger partial charge in [-0.1, -0.05) is 11.8 Å². The van der Waals surface area contributed by atoms with E-state index in [0.29, 0.717) is 15.6 Å². The van der Waals surface area contributed by atoms with E-state index >= 15 is 0 Å². The number of hydrogen-bond donors (Lipinski definition) is 1. The summed E-state index contributed by atoms with van der Waals surface area (Å²) < 4.78 is 25.9. The molecule has 0 aliphatic heterocycles. The molecule has 1 aromatic heterocycles. The van der Waals surface area contributed by atoms with Gasteiger partial charge in [0, 0.05) is 10.6 Å². The molecule has 0 bridgehead atoms.